The summed E-state index contributed by atoms with van der Waals surface area (Å²) in [7, 11) is 0. The molecular weight excluding hydrogens is 789 g/mol. The standard InChI is InChI=1S/C56H32N6O2/c57-33-39-21-10-28-48(59-39)43-25-12-23-41-42-24-13-26-44(49-29-11-22-40(34-58)60-49)53(42)61(52(41)43)50-30-14-27-45-51(50)56(64)62(55(45)63)54-46(36-17-6-2-7-18-36)31-38(35-15-4-1-5-16-35)32-47(54)37-19-8-3-9-20-37/h1-32H. The van der Waals surface area contributed by atoms with Gasteiger partial charge in [-0.05, 0) is 70.8 Å². The van der Waals surface area contributed by atoms with Gasteiger partial charge in [-0.3, -0.25) is 9.59 Å². The van der Waals surface area contributed by atoms with Crippen LogP contribution in [0, 0.1) is 22.7 Å². The Bertz CT molecular complexity index is 3450. The molecular formula is C56H32N6O2. The first kappa shape index (κ1) is 37.7. The van der Waals surface area contributed by atoms with Crippen molar-refractivity contribution in [2.45, 2.75) is 0 Å². The number of imide groups is 1. The molecule has 2 amide bonds. The van der Waals surface area contributed by atoms with E-state index in [-0.39, 0.29) is 22.5 Å². The molecule has 0 spiro atoms. The van der Waals surface area contributed by atoms with Gasteiger partial charge in [-0.15, -0.1) is 0 Å². The minimum absolute atomic E-state index is 0.235. The maximum Gasteiger partial charge on any atom is 0.268 e. The maximum atomic E-state index is 15.8. The normalized spacial score (nSPS) is 12.1. The molecule has 3 aromatic heterocycles. The zero-order valence-electron chi connectivity index (χ0n) is 34.0. The molecule has 11 rings (SSSR count). The molecule has 7 aromatic carbocycles. The highest BCUT2D eigenvalue weighted by molar-refractivity contribution is 6.37. The van der Waals surface area contributed by atoms with E-state index >= 15 is 9.59 Å². The fourth-order valence-electron chi connectivity index (χ4n) is 9.07. The van der Waals surface area contributed by atoms with Crippen molar-refractivity contribution in [1.29, 1.82) is 10.5 Å². The summed E-state index contributed by atoms with van der Waals surface area (Å²) in [6, 6.07) is 66.1. The van der Waals surface area contributed by atoms with Gasteiger partial charge in [0.2, 0.25) is 0 Å². The summed E-state index contributed by atoms with van der Waals surface area (Å²) >= 11 is 0. The van der Waals surface area contributed by atoms with Gasteiger partial charge in [0.15, 0.2) is 0 Å². The van der Waals surface area contributed by atoms with Crippen LogP contribution < -0.4 is 4.90 Å². The second kappa shape index (κ2) is 15.3. The molecule has 0 radical (unpaired) electrons. The van der Waals surface area contributed by atoms with Crippen LogP contribution in [-0.4, -0.2) is 26.3 Å². The Morgan fingerprint density at radius 1 is 0.406 bits per heavy atom. The third kappa shape index (κ3) is 6.06. The van der Waals surface area contributed by atoms with E-state index in [1.807, 2.05) is 144 Å². The number of amides is 2. The topological polar surface area (TPSA) is 116 Å². The maximum absolute atomic E-state index is 15.8. The molecule has 8 heteroatoms. The van der Waals surface area contributed by atoms with Crippen LogP contribution in [-0.2, 0) is 0 Å². The summed E-state index contributed by atoms with van der Waals surface area (Å²) in [5, 5.41) is 21.5. The van der Waals surface area contributed by atoms with Crippen molar-refractivity contribution in [3.63, 3.8) is 0 Å². The van der Waals surface area contributed by atoms with Gasteiger partial charge in [0, 0.05) is 33.0 Å². The Hall–Kier alpha value is -9.24. The number of pyridine rings is 2. The summed E-state index contributed by atoms with van der Waals surface area (Å²) in [5.41, 5.74) is 11.1. The van der Waals surface area contributed by atoms with Crippen LogP contribution >= 0.6 is 0 Å². The van der Waals surface area contributed by atoms with Gasteiger partial charge in [-0.2, -0.15) is 10.5 Å². The molecule has 0 bridgehead atoms. The van der Waals surface area contributed by atoms with Gasteiger partial charge < -0.3 is 4.57 Å². The predicted octanol–water partition coefficient (Wildman–Crippen LogP) is 12.5. The Kier molecular flexibility index (Phi) is 9.05. The molecule has 0 aliphatic carbocycles. The SMILES string of the molecule is N#Cc1cccc(-c2cccc3c4cccc(-c5cccc(C#N)n5)c4n(-c4cccc5c4C(=O)N(c4c(-c6ccccc6)cc(-c6ccccc6)cc4-c4ccccc4)C5=O)c23)n1. The quantitative estimate of drug-likeness (QED) is 0.148. The Labute approximate surface area is 367 Å². The first-order valence-electron chi connectivity index (χ1n) is 20.7. The highest BCUT2D eigenvalue weighted by atomic mass is 16.2. The number of carbonyl (C=O) groups excluding carboxylic acids is 2. The summed E-state index contributed by atoms with van der Waals surface area (Å²) in [6.07, 6.45) is 0. The van der Waals surface area contributed by atoms with Crippen molar-refractivity contribution in [1.82, 2.24) is 14.5 Å². The van der Waals surface area contributed by atoms with Gasteiger partial charge in [0.05, 0.1) is 44.9 Å². The van der Waals surface area contributed by atoms with Crippen LogP contribution in [0.1, 0.15) is 32.1 Å². The molecule has 0 N–H and O–H groups in total. The second-order valence-electron chi connectivity index (χ2n) is 15.4. The van der Waals surface area contributed by atoms with E-state index in [0.29, 0.717) is 22.8 Å². The van der Waals surface area contributed by atoms with Gasteiger partial charge in [-0.1, -0.05) is 146 Å². The Balaban J connectivity index is 1.22. The second-order valence-corrected chi connectivity index (χ2v) is 15.4. The van der Waals surface area contributed by atoms with Crippen LogP contribution in [0.15, 0.2) is 194 Å². The van der Waals surface area contributed by atoms with Gasteiger partial charge in [0.1, 0.15) is 23.5 Å². The lowest BCUT2D eigenvalue weighted by Crippen LogP contribution is -2.30. The summed E-state index contributed by atoms with van der Waals surface area (Å²) < 4.78 is 2.03. The first-order chi connectivity index (χ1) is 31.5. The number of nitrogens with zero attached hydrogens (tertiary/aromatic N) is 6. The van der Waals surface area contributed by atoms with Crippen LogP contribution in [0.4, 0.5) is 5.69 Å². The highest BCUT2D eigenvalue weighted by Crippen LogP contribution is 2.48. The molecule has 0 atom stereocenters. The van der Waals surface area contributed by atoms with E-state index in [0.717, 1.165) is 66.3 Å². The summed E-state index contributed by atoms with van der Waals surface area (Å²) in [5.74, 6) is -0.923. The number of nitriles is 2. The average molecular weight is 821 g/mol. The fourth-order valence-corrected chi connectivity index (χ4v) is 9.07. The fraction of sp³-hybridized carbons (Fsp3) is 0. The van der Waals surface area contributed by atoms with E-state index in [1.165, 1.54) is 4.90 Å². The predicted molar refractivity (Wildman–Crippen MR) is 251 cm³/mol. The summed E-state index contributed by atoms with van der Waals surface area (Å²) in [6.45, 7) is 0. The molecule has 64 heavy (non-hydrogen) atoms. The minimum Gasteiger partial charge on any atom is -0.307 e. The van der Waals surface area contributed by atoms with Crippen molar-refractivity contribution < 1.29 is 9.59 Å². The van der Waals surface area contributed by atoms with Crippen molar-refractivity contribution in [3.8, 4) is 73.7 Å². The van der Waals surface area contributed by atoms with Crippen LogP contribution in [0.5, 0.6) is 0 Å². The molecule has 1 aliphatic rings. The van der Waals surface area contributed by atoms with Crippen molar-refractivity contribution in [2.75, 3.05) is 4.90 Å². The van der Waals surface area contributed by atoms with E-state index in [2.05, 4.69) is 36.4 Å². The molecule has 4 heterocycles. The van der Waals surface area contributed by atoms with Gasteiger partial charge >= 0.3 is 0 Å². The number of carbonyl (C=O) groups is 2. The number of hydrogen-bond acceptors (Lipinski definition) is 6. The number of hydrogen-bond donors (Lipinski definition) is 0. The van der Waals surface area contributed by atoms with Gasteiger partial charge in [-0.25, -0.2) is 14.9 Å². The van der Waals surface area contributed by atoms with Crippen LogP contribution in [0.2, 0.25) is 0 Å². The van der Waals surface area contributed by atoms with Crippen LogP contribution in [0.3, 0.4) is 0 Å². The molecule has 0 saturated carbocycles. The van der Waals surface area contributed by atoms with Crippen molar-refractivity contribution in [3.05, 3.63) is 217 Å². The number of para-hydroxylation sites is 2. The molecule has 0 fully saturated rings. The zero-order valence-corrected chi connectivity index (χ0v) is 34.0. The van der Waals surface area contributed by atoms with Gasteiger partial charge in [0.25, 0.3) is 11.8 Å². The third-order valence-electron chi connectivity index (χ3n) is 11.8. The lowest BCUT2D eigenvalue weighted by atomic mass is 9.90. The molecule has 10 aromatic rings. The number of aromatic nitrogens is 3. The Morgan fingerprint density at radius 3 is 1.36 bits per heavy atom. The molecule has 1 aliphatic heterocycles. The largest absolute Gasteiger partial charge is 0.307 e. The number of benzene rings is 7. The van der Waals surface area contributed by atoms with Crippen molar-refractivity contribution in [2.24, 2.45) is 0 Å². The lowest BCUT2D eigenvalue weighted by Gasteiger charge is -2.24. The van der Waals surface area contributed by atoms with E-state index in [4.69, 9.17) is 9.97 Å². The van der Waals surface area contributed by atoms with E-state index in [9.17, 15) is 10.5 Å². The highest BCUT2D eigenvalue weighted by Gasteiger charge is 2.42. The zero-order chi connectivity index (χ0) is 43.3. The molecule has 0 saturated heterocycles. The number of anilines is 1. The van der Waals surface area contributed by atoms with E-state index in [1.54, 1.807) is 30.3 Å². The molecule has 298 valence electrons. The lowest BCUT2D eigenvalue weighted by molar-refractivity contribution is 0.0926. The summed E-state index contributed by atoms with van der Waals surface area (Å²) in [4.78, 5) is 41.9. The molecule has 0 unspecified atom stereocenters. The van der Waals surface area contributed by atoms with E-state index < -0.39 is 11.8 Å². The number of fused-ring (bicyclic) bond motifs is 4. The number of rotatable bonds is 7. The monoisotopic (exact) mass is 820 g/mol. The van der Waals surface area contributed by atoms with Crippen LogP contribution in [0.25, 0.3) is 83.4 Å². The van der Waals surface area contributed by atoms with Crippen molar-refractivity contribution >= 4 is 39.3 Å². The average Bonchev–Trinajstić information content (AvgIpc) is 3.84. The Morgan fingerprint density at radius 2 is 0.859 bits per heavy atom. The molecule has 8 nitrogen and oxygen atoms in total. The third-order valence-corrected chi connectivity index (χ3v) is 11.8. The minimum atomic E-state index is -0.475. The smallest absolute Gasteiger partial charge is 0.268 e. The first-order valence-corrected chi connectivity index (χ1v) is 20.7.